The summed E-state index contributed by atoms with van der Waals surface area (Å²) in [7, 11) is 1.67. The first-order chi connectivity index (χ1) is 11.3. The Morgan fingerprint density at radius 2 is 2.17 bits per heavy atom. The first-order valence-electron chi connectivity index (χ1n) is 8.35. The van der Waals surface area contributed by atoms with Gasteiger partial charge in [-0.1, -0.05) is 13.0 Å². The molecule has 0 bridgehead atoms. The molecule has 2 heterocycles. The lowest BCUT2D eigenvalue weighted by atomic mass is 9.95. The van der Waals surface area contributed by atoms with E-state index < -0.39 is 0 Å². The summed E-state index contributed by atoms with van der Waals surface area (Å²) >= 11 is 0. The zero-order valence-electron chi connectivity index (χ0n) is 14.1. The van der Waals surface area contributed by atoms with Gasteiger partial charge >= 0.3 is 0 Å². The zero-order chi connectivity index (χ0) is 16.2. The van der Waals surface area contributed by atoms with E-state index in [4.69, 9.17) is 9.47 Å². The predicted molar refractivity (Wildman–Crippen MR) is 90.2 cm³/mol. The number of ether oxygens (including phenoxy) is 2. The van der Waals surface area contributed by atoms with Crippen LogP contribution in [0.5, 0.6) is 11.5 Å². The van der Waals surface area contributed by atoms with Gasteiger partial charge in [0.2, 0.25) is 0 Å². The second kappa shape index (κ2) is 7.04. The average molecular weight is 315 g/mol. The second-order valence-electron chi connectivity index (χ2n) is 5.80. The Morgan fingerprint density at radius 1 is 1.30 bits per heavy atom. The van der Waals surface area contributed by atoms with Crippen LogP contribution in [0.3, 0.4) is 0 Å². The molecule has 0 spiro atoms. The van der Waals surface area contributed by atoms with Crippen LogP contribution in [-0.2, 0) is 6.42 Å². The lowest BCUT2D eigenvalue weighted by Gasteiger charge is -2.35. The standard InChI is InChI=1S/C18H25N3O2/c1-4-9-21-10-8-14-17(20-12-19-14)18(21)13-6-7-15(22-3)16(11-13)23-5-2/h6-7,11-12,18H,4-5,8-10H2,1-3H3,(H,19,20)/t18-/m0/s1. The number of benzene rings is 1. The fraction of sp³-hybridized carbons (Fsp3) is 0.500. The van der Waals surface area contributed by atoms with E-state index in [0.29, 0.717) is 6.61 Å². The van der Waals surface area contributed by atoms with Crippen molar-refractivity contribution in [3.05, 3.63) is 41.5 Å². The van der Waals surface area contributed by atoms with Crippen molar-refractivity contribution >= 4 is 0 Å². The smallest absolute Gasteiger partial charge is 0.161 e. The van der Waals surface area contributed by atoms with Crippen LogP contribution in [0.15, 0.2) is 24.5 Å². The normalized spacial score (nSPS) is 17.8. The Labute approximate surface area is 137 Å². The minimum absolute atomic E-state index is 0.176. The number of rotatable bonds is 6. The molecule has 0 saturated carbocycles. The highest BCUT2D eigenvalue weighted by molar-refractivity contribution is 5.46. The molecular formula is C18H25N3O2. The van der Waals surface area contributed by atoms with E-state index in [1.54, 1.807) is 13.4 Å². The first-order valence-corrected chi connectivity index (χ1v) is 8.35. The van der Waals surface area contributed by atoms with Gasteiger partial charge in [0, 0.05) is 18.7 Å². The number of fused-ring (bicyclic) bond motifs is 1. The van der Waals surface area contributed by atoms with Gasteiger partial charge in [0.1, 0.15) is 0 Å². The van der Waals surface area contributed by atoms with Gasteiger partial charge in [-0.15, -0.1) is 0 Å². The number of methoxy groups -OCH3 is 1. The molecule has 124 valence electrons. The molecule has 5 nitrogen and oxygen atoms in total. The van der Waals surface area contributed by atoms with E-state index in [1.165, 1.54) is 11.3 Å². The van der Waals surface area contributed by atoms with E-state index in [-0.39, 0.29) is 6.04 Å². The summed E-state index contributed by atoms with van der Waals surface area (Å²) in [6, 6.07) is 6.39. The molecule has 0 fully saturated rings. The topological polar surface area (TPSA) is 50.4 Å². The molecule has 0 amide bonds. The Balaban J connectivity index is 2.02. The Hall–Kier alpha value is -2.01. The highest BCUT2D eigenvalue weighted by atomic mass is 16.5. The van der Waals surface area contributed by atoms with Crippen molar-refractivity contribution < 1.29 is 9.47 Å². The van der Waals surface area contributed by atoms with Gasteiger partial charge < -0.3 is 14.5 Å². The van der Waals surface area contributed by atoms with Gasteiger partial charge in [-0.3, -0.25) is 4.90 Å². The van der Waals surface area contributed by atoms with Gasteiger partial charge in [0.05, 0.1) is 31.8 Å². The number of nitrogens with one attached hydrogen (secondary N) is 1. The molecule has 0 aliphatic carbocycles. The largest absolute Gasteiger partial charge is 0.493 e. The monoisotopic (exact) mass is 315 g/mol. The number of nitrogens with zero attached hydrogens (tertiary/aromatic N) is 2. The maximum absolute atomic E-state index is 5.75. The number of aromatic amines is 1. The Kier molecular flexibility index (Phi) is 4.86. The van der Waals surface area contributed by atoms with Crippen molar-refractivity contribution in [3.63, 3.8) is 0 Å². The molecule has 0 unspecified atom stereocenters. The molecule has 1 atom stereocenters. The summed E-state index contributed by atoms with van der Waals surface area (Å²) in [4.78, 5) is 10.4. The van der Waals surface area contributed by atoms with Gasteiger partial charge in [-0.25, -0.2) is 4.98 Å². The van der Waals surface area contributed by atoms with E-state index in [1.807, 2.05) is 13.0 Å². The molecule has 0 saturated heterocycles. The lowest BCUT2D eigenvalue weighted by molar-refractivity contribution is 0.209. The predicted octanol–water partition coefficient (Wildman–Crippen LogP) is 3.17. The third kappa shape index (κ3) is 3.06. The lowest BCUT2D eigenvalue weighted by Crippen LogP contribution is -2.36. The van der Waals surface area contributed by atoms with Gasteiger partial charge in [0.25, 0.3) is 0 Å². The van der Waals surface area contributed by atoms with Crippen molar-refractivity contribution in [1.29, 1.82) is 0 Å². The summed E-state index contributed by atoms with van der Waals surface area (Å²) in [6.07, 6.45) is 3.96. The SMILES string of the molecule is CCCN1CCc2[nH]cnc2[C@@H]1c1ccc(OC)c(OCC)c1. The third-order valence-electron chi connectivity index (χ3n) is 4.34. The highest BCUT2D eigenvalue weighted by Crippen LogP contribution is 2.37. The van der Waals surface area contributed by atoms with E-state index in [9.17, 15) is 0 Å². The fourth-order valence-electron chi connectivity index (χ4n) is 3.35. The molecule has 3 rings (SSSR count). The van der Waals surface area contributed by atoms with Gasteiger partial charge in [0.15, 0.2) is 11.5 Å². The van der Waals surface area contributed by atoms with Crippen LogP contribution < -0.4 is 9.47 Å². The van der Waals surface area contributed by atoms with E-state index in [2.05, 4.69) is 33.9 Å². The molecule has 1 aromatic heterocycles. The molecule has 0 radical (unpaired) electrons. The molecule has 1 aliphatic heterocycles. The maximum Gasteiger partial charge on any atom is 0.161 e. The van der Waals surface area contributed by atoms with Crippen LogP contribution in [-0.4, -0.2) is 41.7 Å². The zero-order valence-corrected chi connectivity index (χ0v) is 14.1. The van der Waals surface area contributed by atoms with Crippen LogP contribution in [0.25, 0.3) is 0 Å². The molecular weight excluding hydrogens is 290 g/mol. The number of imidazole rings is 1. The summed E-state index contributed by atoms with van der Waals surface area (Å²) in [5, 5.41) is 0. The molecule has 1 aliphatic rings. The van der Waals surface area contributed by atoms with Crippen LogP contribution >= 0.6 is 0 Å². The minimum atomic E-state index is 0.176. The van der Waals surface area contributed by atoms with E-state index in [0.717, 1.165) is 43.1 Å². The Bertz CT molecular complexity index is 653. The molecule has 5 heteroatoms. The minimum Gasteiger partial charge on any atom is -0.493 e. The quantitative estimate of drug-likeness (QED) is 0.889. The van der Waals surface area contributed by atoms with Crippen LogP contribution in [0.2, 0.25) is 0 Å². The fourth-order valence-corrected chi connectivity index (χ4v) is 3.35. The van der Waals surface area contributed by atoms with Crippen molar-refractivity contribution in [3.8, 4) is 11.5 Å². The summed E-state index contributed by atoms with van der Waals surface area (Å²) in [5.41, 5.74) is 3.59. The van der Waals surface area contributed by atoms with Crippen molar-refractivity contribution in [1.82, 2.24) is 14.9 Å². The summed E-state index contributed by atoms with van der Waals surface area (Å²) < 4.78 is 11.2. The molecule has 2 aromatic rings. The average Bonchev–Trinajstić information content (AvgIpc) is 3.04. The third-order valence-corrected chi connectivity index (χ3v) is 4.34. The molecule has 1 N–H and O–H groups in total. The number of H-pyrrole nitrogens is 1. The molecule has 1 aromatic carbocycles. The Morgan fingerprint density at radius 3 is 2.91 bits per heavy atom. The van der Waals surface area contributed by atoms with E-state index >= 15 is 0 Å². The van der Waals surface area contributed by atoms with Crippen molar-refractivity contribution in [2.45, 2.75) is 32.7 Å². The van der Waals surface area contributed by atoms with Crippen LogP contribution in [0.1, 0.15) is 43.3 Å². The van der Waals surface area contributed by atoms with Crippen LogP contribution in [0.4, 0.5) is 0 Å². The highest BCUT2D eigenvalue weighted by Gasteiger charge is 2.30. The number of hydrogen-bond acceptors (Lipinski definition) is 4. The number of aromatic nitrogens is 2. The summed E-state index contributed by atoms with van der Waals surface area (Å²) in [6.45, 7) is 6.94. The van der Waals surface area contributed by atoms with Crippen LogP contribution in [0, 0.1) is 0 Å². The van der Waals surface area contributed by atoms with Crippen molar-refractivity contribution in [2.75, 3.05) is 26.8 Å². The summed E-state index contributed by atoms with van der Waals surface area (Å²) in [5.74, 6) is 1.57. The molecule has 23 heavy (non-hydrogen) atoms. The van der Waals surface area contributed by atoms with Crippen molar-refractivity contribution in [2.24, 2.45) is 0 Å². The second-order valence-corrected chi connectivity index (χ2v) is 5.80. The first kappa shape index (κ1) is 15.9. The van der Waals surface area contributed by atoms with Gasteiger partial charge in [-0.05, 0) is 37.6 Å². The number of hydrogen-bond donors (Lipinski definition) is 1. The maximum atomic E-state index is 5.75. The van der Waals surface area contributed by atoms with Gasteiger partial charge in [-0.2, -0.15) is 0 Å².